The van der Waals surface area contributed by atoms with Crippen LogP contribution in [-0.4, -0.2) is 16.3 Å². The van der Waals surface area contributed by atoms with Gasteiger partial charge in [-0.2, -0.15) is 9.49 Å². The third-order valence-corrected chi connectivity index (χ3v) is 1.71. The van der Waals surface area contributed by atoms with Crippen molar-refractivity contribution in [2.75, 3.05) is 6.54 Å². The Kier molecular flexibility index (Phi) is 2.81. The van der Waals surface area contributed by atoms with Gasteiger partial charge < -0.3 is 5.73 Å². The van der Waals surface area contributed by atoms with E-state index in [1.807, 2.05) is 13.8 Å². The fourth-order valence-corrected chi connectivity index (χ4v) is 1.07. The van der Waals surface area contributed by atoms with Gasteiger partial charge in [0.15, 0.2) is 0 Å². The largest absolute Gasteiger partial charge is 0.330 e. The summed E-state index contributed by atoms with van der Waals surface area (Å²) < 4.78 is 14.7. The molecule has 0 bridgehead atoms. The molecule has 1 aromatic rings. The number of rotatable bonds is 3. The Labute approximate surface area is 71.4 Å². The van der Waals surface area contributed by atoms with Crippen LogP contribution in [0.25, 0.3) is 0 Å². The zero-order valence-corrected chi connectivity index (χ0v) is 7.42. The van der Waals surface area contributed by atoms with E-state index in [0.717, 1.165) is 0 Å². The normalized spacial score (nSPS) is 11.1. The Morgan fingerprint density at radius 3 is 2.75 bits per heavy atom. The van der Waals surface area contributed by atoms with Crippen molar-refractivity contribution in [1.82, 2.24) is 9.78 Å². The third-order valence-electron chi connectivity index (χ3n) is 1.71. The molecule has 0 unspecified atom stereocenters. The minimum atomic E-state index is -0.254. The zero-order chi connectivity index (χ0) is 9.14. The van der Waals surface area contributed by atoms with Gasteiger partial charge in [0, 0.05) is 11.6 Å². The Balaban J connectivity index is 2.88. The Morgan fingerprint density at radius 1 is 1.67 bits per heavy atom. The van der Waals surface area contributed by atoms with Gasteiger partial charge in [-0.3, -0.25) is 0 Å². The first-order chi connectivity index (χ1) is 5.66. The molecule has 0 fully saturated rings. The topological polar surface area (TPSA) is 43.8 Å². The number of hydrogen-bond acceptors (Lipinski definition) is 2. The molecule has 0 spiro atoms. The first kappa shape index (κ1) is 9.19. The van der Waals surface area contributed by atoms with E-state index in [0.29, 0.717) is 18.5 Å². The van der Waals surface area contributed by atoms with E-state index in [4.69, 9.17) is 5.73 Å². The maximum absolute atomic E-state index is 13.3. The van der Waals surface area contributed by atoms with Crippen molar-refractivity contribution in [2.24, 2.45) is 5.73 Å². The van der Waals surface area contributed by atoms with Crippen LogP contribution < -0.4 is 5.73 Å². The van der Waals surface area contributed by atoms with Gasteiger partial charge in [0.2, 0.25) is 5.95 Å². The molecule has 1 rings (SSSR count). The first-order valence-electron chi connectivity index (χ1n) is 4.08. The van der Waals surface area contributed by atoms with Crippen LogP contribution in [0.1, 0.15) is 25.5 Å². The third kappa shape index (κ3) is 1.64. The second kappa shape index (κ2) is 3.67. The molecule has 0 aliphatic carbocycles. The quantitative estimate of drug-likeness (QED) is 0.740. The molecule has 0 aliphatic heterocycles. The lowest BCUT2D eigenvalue weighted by Crippen LogP contribution is -2.08. The SMILES string of the molecule is CC(C)n1ncc(CCN)c1F. The molecule has 0 aromatic carbocycles. The number of halogens is 1. The van der Waals surface area contributed by atoms with Crippen LogP contribution in [0.2, 0.25) is 0 Å². The fourth-order valence-electron chi connectivity index (χ4n) is 1.07. The van der Waals surface area contributed by atoms with Crippen LogP contribution in [-0.2, 0) is 6.42 Å². The highest BCUT2D eigenvalue weighted by molar-refractivity contribution is 5.07. The van der Waals surface area contributed by atoms with E-state index in [1.165, 1.54) is 4.68 Å². The molecule has 0 aliphatic rings. The maximum atomic E-state index is 13.3. The fraction of sp³-hybridized carbons (Fsp3) is 0.625. The summed E-state index contributed by atoms with van der Waals surface area (Å²) in [7, 11) is 0. The van der Waals surface area contributed by atoms with Crippen molar-refractivity contribution in [3.05, 3.63) is 17.7 Å². The van der Waals surface area contributed by atoms with E-state index in [9.17, 15) is 4.39 Å². The standard InChI is InChI=1S/C8H14FN3/c1-6(2)12-8(9)7(3-4-10)5-11-12/h5-6H,3-4,10H2,1-2H3. The first-order valence-corrected chi connectivity index (χ1v) is 4.08. The molecule has 0 amide bonds. The van der Waals surface area contributed by atoms with Crippen molar-refractivity contribution in [2.45, 2.75) is 26.3 Å². The van der Waals surface area contributed by atoms with Crippen LogP contribution in [0.4, 0.5) is 4.39 Å². The van der Waals surface area contributed by atoms with Gasteiger partial charge in [-0.25, -0.2) is 4.68 Å². The maximum Gasteiger partial charge on any atom is 0.214 e. The number of nitrogens with zero attached hydrogens (tertiary/aromatic N) is 2. The lowest BCUT2D eigenvalue weighted by atomic mass is 10.2. The summed E-state index contributed by atoms with van der Waals surface area (Å²) in [4.78, 5) is 0. The summed E-state index contributed by atoms with van der Waals surface area (Å²) in [6, 6.07) is 0.0662. The van der Waals surface area contributed by atoms with Gasteiger partial charge >= 0.3 is 0 Å². The lowest BCUT2D eigenvalue weighted by molar-refractivity contribution is 0.411. The predicted molar refractivity (Wildman–Crippen MR) is 45.3 cm³/mol. The summed E-state index contributed by atoms with van der Waals surface area (Å²) >= 11 is 0. The number of aromatic nitrogens is 2. The minimum absolute atomic E-state index is 0.0662. The number of hydrogen-bond donors (Lipinski definition) is 1. The molecule has 12 heavy (non-hydrogen) atoms. The van der Waals surface area contributed by atoms with Gasteiger partial charge in [0.05, 0.1) is 6.20 Å². The molecule has 2 N–H and O–H groups in total. The van der Waals surface area contributed by atoms with E-state index < -0.39 is 0 Å². The summed E-state index contributed by atoms with van der Waals surface area (Å²) in [6.45, 7) is 4.24. The van der Waals surface area contributed by atoms with Gasteiger partial charge in [0.25, 0.3) is 0 Å². The second-order valence-electron chi connectivity index (χ2n) is 3.04. The van der Waals surface area contributed by atoms with Crippen LogP contribution >= 0.6 is 0 Å². The molecule has 0 radical (unpaired) electrons. The predicted octanol–water partition coefficient (Wildman–Crippen LogP) is 1.10. The second-order valence-corrected chi connectivity index (χ2v) is 3.04. The minimum Gasteiger partial charge on any atom is -0.330 e. The molecule has 0 atom stereocenters. The molecule has 1 aromatic heterocycles. The van der Waals surface area contributed by atoms with Gasteiger partial charge in [0.1, 0.15) is 0 Å². The van der Waals surface area contributed by atoms with E-state index in [-0.39, 0.29) is 12.0 Å². The van der Waals surface area contributed by atoms with Gasteiger partial charge in [-0.1, -0.05) is 0 Å². The summed E-state index contributed by atoms with van der Waals surface area (Å²) in [5, 5.41) is 3.92. The number of nitrogens with two attached hydrogens (primary N) is 1. The van der Waals surface area contributed by atoms with Crippen LogP contribution in [0.15, 0.2) is 6.20 Å². The monoisotopic (exact) mass is 171 g/mol. The van der Waals surface area contributed by atoms with E-state index in [2.05, 4.69) is 5.10 Å². The van der Waals surface area contributed by atoms with Crippen LogP contribution in [0, 0.1) is 5.95 Å². The average Bonchev–Trinajstić information content (AvgIpc) is 2.34. The zero-order valence-electron chi connectivity index (χ0n) is 7.42. The molecule has 0 saturated carbocycles. The van der Waals surface area contributed by atoms with Crippen molar-refractivity contribution >= 4 is 0 Å². The summed E-state index contributed by atoms with van der Waals surface area (Å²) in [5.74, 6) is -0.254. The Morgan fingerprint density at radius 2 is 2.33 bits per heavy atom. The van der Waals surface area contributed by atoms with Crippen molar-refractivity contribution in [3.63, 3.8) is 0 Å². The van der Waals surface area contributed by atoms with Crippen molar-refractivity contribution in [3.8, 4) is 0 Å². The van der Waals surface area contributed by atoms with Crippen molar-refractivity contribution < 1.29 is 4.39 Å². The molecule has 1 heterocycles. The highest BCUT2D eigenvalue weighted by Crippen LogP contribution is 2.11. The van der Waals surface area contributed by atoms with Crippen molar-refractivity contribution in [1.29, 1.82) is 0 Å². The van der Waals surface area contributed by atoms with Crippen LogP contribution in [0.5, 0.6) is 0 Å². The smallest absolute Gasteiger partial charge is 0.214 e. The Hall–Kier alpha value is -0.900. The van der Waals surface area contributed by atoms with E-state index in [1.54, 1.807) is 6.20 Å². The van der Waals surface area contributed by atoms with Crippen LogP contribution in [0.3, 0.4) is 0 Å². The molecule has 3 nitrogen and oxygen atoms in total. The molecule has 68 valence electrons. The van der Waals surface area contributed by atoms with Gasteiger partial charge in [-0.15, -0.1) is 0 Å². The van der Waals surface area contributed by atoms with E-state index >= 15 is 0 Å². The lowest BCUT2D eigenvalue weighted by Gasteiger charge is -2.05. The molecular formula is C8H14FN3. The summed E-state index contributed by atoms with van der Waals surface area (Å²) in [5.41, 5.74) is 5.91. The average molecular weight is 171 g/mol. The van der Waals surface area contributed by atoms with Gasteiger partial charge in [-0.05, 0) is 26.8 Å². The highest BCUT2D eigenvalue weighted by Gasteiger charge is 2.10. The summed E-state index contributed by atoms with van der Waals surface area (Å²) in [6.07, 6.45) is 2.10. The molecule has 4 heteroatoms. The molecule has 0 saturated heterocycles. The Bertz CT molecular complexity index is 255. The molecular weight excluding hydrogens is 157 g/mol. The highest BCUT2D eigenvalue weighted by atomic mass is 19.1.